The summed E-state index contributed by atoms with van der Waals surface area (Å²) >= 11 is 0. The van der Waals surface area contributed by atoms with Crippen molar-refractivity contribution in [3.8, 4) is 11.8 Å². The monoisotopic (exact) mass is 264 g/mol. The number of allylic oxidation sites excluding steroid dienone is 2. The number of rotatable bonds is 8. The first-order chi connectivity index (χ1) is 9.43. The molecule has 1 rings (SSSR count). The van der Waals surface area contributed by atoms with Gasteiger partial charge in [0.05, 0.1) is 0 Å². The Hall–Kier alpha value is -0.780. The van der Waals surface area contributed by atoms with E-state index in [0.717, 1.165) is 45.3 Å². The van der Waals surface area contributed by atoms with Crippen LogP contribution in [-0.4, -0.2) is 19.5 Å². The number of hydrogen-bond acceptors (Lipinski definition) is 2. The minimum absolute atomic E-state index is 0.0568. The summed E-state index contributed by atoms with van der Waals surface area (Å²) in [6, 6.07) is 0. The van der Waals surface area contributed by atoms with Crippen LogP contribution in [0.3, 0.4) is 0 Å². The van der Waals surface area contributed by atoms with Crippen molar-refractivity contribution in [2.45, 2.75) is 71.0 Å². The normalized spacial score (nSPS) is 19.3. The lowest BCUT2D eigenvalue weighted by Crippen LogP contribution is -2.22. The van der Waals surface area contributed by atoms with Gasteiger partial charge in [0.1, 0.15) is 0 Å². The second kappa shape index (κ2) is 12.3. The summed E-state index contributed by atoms with van der Waals surface area (Å²) in [4.78, 5) is 0. The molecule has 1 aliphatic heterocycles. The highest BCUT2D eigenvalue weighted by molar-refractivity contribution is 5.14. The fourth-order valence-corrected chi connectivity index (χ4v) is 1.97. The fraction of sp³-hybridized carbons (Fsp3) is 0.765. The van der Waals surface area contributed by atoms with Crippen LogP contribution in [0.5, 0.6) is 0 Å². The van der Waals surface area contributed by atoms with Crippen molar-refractivity contribution in [2.75, 3.05) is 13.2 Å². The lowest BCUT2D eigenvalue weighted by molar-refractivity contribution is -0.162. The quantitative estimate of drug-likeness (QED) is 0.476. The van der Waals surface area contributed by atoms with E-state index in [4.69, 9.17) is 9.47 Å². The minimum atomic E-state index is 0.0568. The second-order valence-electron chi connectivity index (χ2n) is 4.99. The van der Waals surface area contributed by atoms with Gasteiger partial charge in [-0.2, -0.15) is 0 Å². The molecule has 1 saturated heterocycles. The van der Waals surface area contributed by atoms with Gasteiger partial charge in [0.2, 0.25) is 0 Å². The van der Waals surface area contributed by atoms with Gasteiger partial charge in [-0.3, -0.25) is 0 Å². The Kier molecular flexibility index (Phi) is 10.5. The number of ether oxygens (including phenoxy) is 2. The molecule has 0 N–H and O–H groups in total. The van der Waals surface area contributed by atoms with Crippen molar-refractivity contribution in [1.29, 1.82) is 0 Å². The van der Waals surface area contributed by atoms with E-state index in [1.807, 2.05) is 6.08 Å². The Morgan fingerprint density at radius 1 is 1.26 bits per heavy atom. The molecule has 0 spiro atoms. The Bertz CT molecular complexity index is 279. The first kappa shape index (κ1) is 16.3. The third-order valence-corrected chi connectivity index (χ3v) is 3.17. The maximum Gasteiger partial charge on any atom is 0.157 e. The Balaban J connectivity index is 1.87. The van der Waals surface area contributed by atoms with Gasteiger partial charge in [-0.1, -0.05) is 37.7 Å². The molecule has 1 fully saturated rings. The molecule has 2 heteroatoms. The van der Waals surface area contributed by atoms with Crippen molar-refractivity contribution in [3.05, 3.63) is 12.2 Å². The Labute approximate surface area is 118 Å². The van der Waals surface area contributed by atoms with Crippen molar-refractivity contribution < 1.29 is 9.47 Å². The van der Waals surface area contributed by atoms with E-state index < -0.39 is 0 Å². The highest BCUT2D eigenvalue weighted by atomic mass is 16.7. The predicted molar refractivity (Wildman–Crippen MR) is 79.8 cm³/mol. The van der Waals surface area contributed by atoms with Crippen LogP contribution in [0.15, 0.2) is 12.2 Å². The van der Waals surface area contributed by atoms with Gasteiger partial charge in [-0.15, -0.1) is 0 Å². The van der Waals surface area contributed by atoms with Crippen LogP contribution >= 0.6 is 0 Å². The summed E-state index contributed by atoms with van der Waals surface area (Å²) in [7, 11) is 0. The molecule has 1 aliphatic rings. The van der Waals surface area contributed by atoms with E-state index in [2.05, 4.69) is 24.8 Å². The van der Waals surface area contributed by atoms with Gasteiger partial charge >= 0.3 is 0 Å². The van der Waals surface area contributed by atoms with Gasteiger partial charge in [0.15, 0.2) is 6.29 Å². The third-order valence-electron chi connectivity index (χ3n) is 3.17. The average molecular weight is 264 g/mol. The molecule has 0 aromatic carbocycles. The third kappa shape index (κ3) is 9.76. The van der Waals surface area contributed by atoms with E-state index in [1.165, 1.54) is 25.7 Å². The molecule has 0 saturated carbocycles. The maximum atomic E-state index is 5.67. The van der Waals surface area contributed by atoms with Crippen molar-refractivity contribution in [3.63, 3.8) is 0 Å². The smallest absolute Gasteiger partial charge is 0.157 e. The van der Waals surface area contributed by atoms with Crippen LogP contribution in [0, 0.1) is 11.8 Å². The molecule has 19 heavy (non-hydrogen) atoms. The molecule has 2 nitrogen and oxygen atoms in total. The zero-order chi connectivity index (χ0) is 13.6. The largest absolute Gasteiger partial charge is 0.353 e. The first-order valence-electron chi connectivity index (χ1n) is 7.80. The number of hydrogen-bond donors (Lipinski definition) is 0. The summed E-state index contributed by atoms with van der Waals surface area (Å²) in [6.07, 6.45) is 14.5. The van der Waals surface area contributed by atoms with E-state index in [1.54, 1.807) is 0 Å². The summed E-state index contributed by atoms with van der Waals surface area (Å²) in [5.41, 5.74) is 0. The van der Waals surface area contributed by atoms with Gasteiger partial charge in [-0.25, -0.2) is 0 Å². The van der Waals surface area contributed by atoms with Crippen molar-refractivity contribution in [1.82, 2.24) is 0 Å². The predicted octanol–water partition coefficient (Wildman–Crippen LogP) is 4.45. The Morgan fingerprint density at radius 3 is 3.00 bits per heavy atom. The van der Waals surface area contributed by atoms with Gasteiger partial charge < -0.3 is 9.47 Å². The summed E-state index contributed by atoms with van der Waals surface area (Å²) < 4.78 is 11.2. The molecule has 0 bridgehead atoms. The molecule has 0 aliphatic carbocycles. The first-order valence-corrected chi connectivity index (χ1v) is 7.80. The Morgan fingerprint density at radius 2 is 2.21 bits per heavy atom. The maximum absolute atomic E-state index is 5.67. The zero-order valence-electron chi connectivity index (χ0n) is 12.3. The standard InChI is InChI=1S/C17H28O2/c1-2-3-4-5-6-7-8-9-10-12-15-18-17-14-11-13-16-19-17/h5-6,17H,2-4,9-16H2,1H3/b6-5+. The van der Waals surface area contributed by atoms with Gasteiger partial charge in [-0.05, 0) is 44.6 Å². The molecule has 1 heterocycles. The van der Waals surface area contributed by atoms with E-state index in [-0.39, 0.29) is 6.29 Å². The lowest BCUT2D eigenvalue weighted by atomic mass is 10.2. The highest BCUT2D eigenvalue weighted by Crippen LogP contribution is 2.14. The van der Waals surface area contributed by atoms with E-state index >= 15 is 0 Å². The molecule has 108 valence electrons. The molecular weight excluding hydrogens is 236 g/mol. The molecule has 0 aromatic rings. The van der Waals surface area contributed by atoms with Crippen LogP contribution in [0.25, 0.3) is 0 Å². The number of unbranched alkanes of at least 4 members (excludes halogenated alkanes) is 4. The zero-order valence-corrected chi connectivity index (χ0v) is 12.3. The van der Waals surface area contributed by atoms with Crippen LogP contribution < -0.4 is 0 Å². The molecule has 1 unspecified atom stereocenters. The summed E-state index contributed by atoms with van der Waals surface area (Å²) in [6.45, 7) is 3.87. The van der Waals surface area contributed by atoms with Crippen LogP contribution in [0.2, 0.25) is 0 Å². The molecule has 1 atom stereocenters. The lowest BCUT2D eigenvalue weighted by Gasteiger charge is -2.22. The van der Waals surface area contributed by atoms with E-state index in [0.29, 0.717) is 0 Å². The highest BCUT2D eigenvalue weighted by Gasteiger charge is 2.12. The SMILES string of the molecule is CCCC/C=C/C#CCCCCOC1CCCCO1. The molecular formula is C17H28O2. The molecule has 0 aromatic heterocycles. The molecule has 0 radical (unpaired) electrons. The van der Waals surface area contributed by atoms with Crippen LogP contribution in [-0.2, 0) is 9.47 Å². The second-order valence-corrected chi connectivity index (χ2v) is 4.99. The van der Waals surface area contributed by atoms with E-state index in [9.17, 15) is 0 Å². The molecule has 0 amide bonds. The summed E-state index contributed by atoms with van der Waals surface area (Å²) in [5.74, 6) is 6.27. The van der Waals surface area contributed by atoms with Crippen LogP contribution in [0.1, 0.15) is 64.7 Å². The van der Waals surface area contributed by atoms with Crippen molar-refractivity contribution in [2.24, 2.45) is 0 Å². The van der Waals surface area contributed by atoms with Crippen molar-refractivity contribution >= 4 is 0 Å². The average Bonchev–Trinajstić information content (AvgIpc) is 2.46. The minimum Gasteiger partial charge on any atom is -0.353 e. The van der Waals surface area contributed by atoms with Crippen LogP contribution in [0.4, 0.5) is 0 Å². The topological polar surface area (TPSA) is 18.5 Å². The van der Waals surface area contributed by atoms with Gasteiger partial charge in [0, 0.05) is 19.6 Å². The fourth-order valence-electron chi connectivity index (χ4n) is 1.97. The van der Waals surface area contributed by atoms with Gasteiger partial charge in [0.25, 0.3) is 0 Å². The summed E-state index contributed by atoms with van der Waals surface area (Å²) in [5, 5.41) is 0.